The van der Waals surface area contributed by atoms with Crippen molar-refractivity contribution in [3.05, 3.63) is 60.2 Å². The molecule has 1 fully saturated rings. The van der Waals surface area contributed by atoms with Gasteiger partial charge in [0.05, 0.1) is 0 Å². The lowest BCUT2D eigenvalue weighted by Gasteiger charge is -2.10. The number of hydrogen-bond acceptors (Lipinski definition) is 2. The van der Waals surface area contributed by atoms with Crippen LogP contribution in [0.25, 0.3) is 6.08 Å². The maximum Gasteiger partial charge on any atom is 0.134 e. The van der Waals surface area contributed by atoms with Crippen molar-refractivity contribution in [3.8, 4) is 11.5 Å². The molecule has 2 heteroatoms. The van der Waals surface area contributed by atoms with E-state index in [1.165, 1.54) is 18.4 Å². The summed E-state index contributed by atoms with van der Waals surface area (Å²) in [4.78, 5) is 0. The Bertz CT molecular complexity index is 597. The van der Waals surface area contributed by atoms with Gasteiger partial charge in [0.25, 0.3) is 0 Å². The molecule has 0 saturated heterocycles. The molecule has 0 bridgehead atoms. The largest absolute Gasteiger partial charge is 0.457 e. The van der Waals surface area contributed by atoms with Gasteiger partial charge in [0.15, 0.2) is 0 Å². The van der Waals surface area contributed by atoms with Gasteiger partial charge in [-0.3, -0.25) is 0 Å². The average Bonchev–Trinajstić information content (AvgIpc) is 3.26. The molecule has 0 atom stereocenters. The van der Waals surface area contributed by atoms with Gasteiger partial charge in [-0.15, -0.1) is 0 Å². The van der Waals surface area contributed by atoms with Gasteiger partial charge in [0.1, 0.15) is 11.5 Å². The topological polar surface area (TPSA) is 35.2 Å². The zero-order valence-electron chi connectivity index (χ0n) is 10.8. The lowest BCUT2D eigenvalue weighted by Crippen LogP contribution is -1.91. The second-order valence-electron chi connectivity index (χ2n) is 4.95. The molecular formula is C17H17NO. The van der Waals surface area contributed by atoms with Gasteiger partial charge in [-0.05, 0) is 54.7 Å². The minimum absolute atomic E-state index is 0.714. The highest BCUT2D eigenvalue weighted by atomic mass is 16.5. The Morgan fingerprint density at radius 2 is 1.84 bits per heavy atom. The van der Waals surface area contributed by atoms with Crippen LogP contribution >= 0.6 is 0 Å². The van der Waals surface area contributed by atoms with Crippen LogP contribution in [0.4, 0.5) is 5.69 Å². The van der Waals surface area contributed by atoms with Gasteiger partial charge in [0.2, 0.25) is 0 Å². The van der Waals surface area contributed by atoms with Crippen LogP contribution < -0.4 is 10.5 Å². The summed E-state index contributed by atoms with van der Waals surface area (Å²) in [5.41, 5.74) is 8.79. The second kappa shape index (κ2) is 4.81. The van der Waals surface area contributed by atoms with Crippen LogP contribution in [-0.2, 0) is 0 Å². The van der Waals surface area contributed by atoms with Gasteiger partial charge in [-0.1, -0.05) is 24.8 Å². The van der Waals surface area contributed by atoms with E-state index in [9.17, 15) is 0 Å². The molecule has 2 N–H and O–H groups in total. The summed E-state index contributed by atoms with van der Waals surface area (Å²) in [6.07, 6.45) is 4.39. The van der Waals surface area contributed by atoms with E-state index in [1.807, 2.05) is 30.3 Å². The van der Waals surface area contributed by atoms with Crippen LogP contribution in [0.15, 0.2) is 49.0 Å². The number of benzene rings is 2. The highest BCUT2D eigenvalue weighted by Crippen LogP contribution is 2.40. The highest BCUT2D eigenvalue weighted by Gasteiger charge is 2.23. The van der Waals surface area contributed by atoms with Crippen LogP contribution in [-0.4, -0.2) is 0 Å². The molecule has 0 spiro atoms. The lowest BCUT2D eigenvalue weighted by atomic mass is 10.1. The molecule has 0 aromatic heterocycles. The Hall–Kier alpha value is -2.22. The summed E-state index contributed by atoms with van der Waals surface area (Å²) in [5, 5.41) is 0. The Labute approximate surface area is 113 Å². The number of hydrogen-bond donors (Lipinski definition) is 1. The number of ether oxygens (including phenoxy) is 1. The number of rotatable bonds is 4. The van der Waals surface area contributed by atoms with E-state index in [2.05, 4.69) is 18.7 Å². The molecule has 2 aromatic carbocycles. The quantitative estimate of drug-likeness (QED) is 0.807. The molecule has 0 amide bonds. The molecule has 1 aliphatic carbocycles. The minimum atomic E-state index is 0.714. The molecule has 1 aliphatic rings. The Kier molecular flexibility index (Phi) is 3.00. The van der Waals surface area contributed by atoms with Crippen molar-refractivity contribution >= 4 is 11.8 Å². The van der Waals surface area contributed by atoms with E-state index in [-0.39, 0.29) is 0 Å². The van der Waals surface area contributed by atoms with Crippen LogP contribution in [0.2, 0.25) is 0 Å². The molecule has 3 rings (SSSR count). The maximum atomic E-state index is 5.88. The van der Waals surface area contributed by atoms with Crippen LogP contribution in [0, 0.1) is 0 Å². The maximum absolute atomic E-state index is 5.88. The number of nitrogens with two attached hydrogens (primary N) is 1. The molecule has 0 aliphatic heterocycles. The summed E-state index contributed by atoms with van der Waals surface area (Å²) in [7, 11) is 0. The van der Waals surface area contributed by atoms with Gasteiger partial charge < -0.3 is 10.5 Å². The van der Waals surface area contributed by atoms with Gasteiger partial charge in [-0.25, -0.2) is 0 Å². The fourth-order valence-electron chi connectivity index (χ4n) is 2.17. The molecular weight excluding hydrogens is 234 g/mol. The van der Waals surface area contributed by atoms with E-state index in [0.29, 0.717) is 5.69 Å². The summed E-state index contributed by atoms with van der Waals surface area (Å²) in [6, 6.07) is 13.9. The first kappa shape index (κ1) is 11.8. The fourth-order valence-corrected chi connectivity index (χ4v) is 2.17. The first-order valence-electron chi connectivity index (χ1n) is 6.56. The SMILES string of the molecule is C=Cc1cc(N)ccc1Oc1ccc(C2CC2)cc1. The predicted octanol–water partition coefficient (Wildman–Crippen LogP) is 4.58. The monoisotopic (exact) mass is 251 g/mol. The van der Waals surface area contributed by atoms with Gasteiger partial charge >= 0.3 is 0 Å². The summed E-state index contributed by atoms with van der Waals surface area (Å²) in [6.45, 7) is 3.78. The smallest absolute Gasteiger partial charge is 0.134 e. The Balaban J connectivity index is 1.82. The second-order valence-corrected chi connectivity index (χ2v) is 4.95. The van der Waals surface area contributed by atoms with Crippen LogP contribution in [0.5, 0.6) is 11.5 Å². The summed E-state index contributed by atoms with van der Waals surface area (Å²) >= 11 is 0. The van der Waals surface area contributed by atoms with Crippen molar-refractivity contribution < 1.29 is 4.74 Å². The third kappa shape index (κ3) is 2.63. The molecule has 96 valence electrons. The van der Waals surface area contributed by atoms with E-state index >= 15 is 0 Å². The molecule has 0 unspecified atom stereocenters. The lowest BCUT2D eigenvalue weighted by molar-refractivity contribution is 0.481. The molecule has 0 heterocycles. The normalized spacial score (nSPS) is 14.1. The number of anilines is 1. The molecule has 19 heavy (non-hydrogen) atoms. The fraction of sp³-hybridized carbons (Fsp3) is 0.176. The molecule has 1 saturated carbocycles. The van der Waals surface area contributed by atoms with Gasteiger partial charge in [0, 0.05) is 11.3 Å². The van der Waals surface area contributed by atoms with Crippen molar-refractivity contribution in [2.75, 3.05) is 5.73 Å². The Morgan fingerprint density at radius 3 is 2.47 bits per heavy atom. The number of nitrogen functional groups attached to an aromatic ring is 1. The standard InChI is InChI=1S/C17H17NO/c1-2-12-11-15(18)7-10-17(12)19-16-8-5-14(6-9-16)13-3-4-13/h2,5-11,13H,1,3-4,18H2. The van der Waals surface area contributed by atoms with E-state index in [0.717, 1.165) is 23.0 Å². The van der Waals surface area contributed by atoms with E-state index < -0.39 is 0 Å². The summed E-state index contributed by atoms with van der Waals surface area (Å²) in [5.74, 6) is 2.40. The zero-order valence-corrected chi connectivity index (χ0v) is 10.8. The highest BCUT2D eigenvalue weighted by molar-refractivity contribution is 5.62. The van der Waals surface area contributed by atoms with Crippen LogP contribution in [0.1, 0.15) is 29.9 Å². The van der Waals surface area contributed by atoms with Crippen molar-refractivity contribution in [2.24, 2.45) is 0 Å². The van der Waals surface area contributed by atoms with Gasteiger partial charge in [-0.2, -0.15) is 0 Å². The van der Waals surface area contributed by atoms with E-state index in [1.54, 1.807) is 6.08 Å². The molecule has 2 aromatic rings. The average molecular weight is 251 g/mol. The molecule has 2 nitrogen and oxygen atoms in total. The van der Waals surface area contributed by atoms with Crippen molar-refractivity contribution in [2.45, 2.75) is 18.8 Å². The van der Waals surface area contributed by atoms with Crippen molar-refractivity contribution in [1.29, 1.82) is 0 Å². The van der Waals surface area contributed by atoms with E-state index in [4.69, 9.17) is 10.5 Å². The summed E-state index contributed by atoms with van der Waals surface area (Å²) < 4.78 is 5.88. The van der Waals surface area contributed by atoms with Crippen LogP contribution in [0.3, 0.4) is 0 Å². The predicted molar refractivity (Wildman–Crippen MR) is 79.4 cm³/mol. The first-order chi connectivity index (χ1) is 9.26. The minimum Gasteiger partial charge on any atom is -0.457 e. The zero-order chi connectivity index (χ0) is 13.2. The molecule has 0 radical (unpaired) electrons. The third-order valence-electron chi connectivity index (χ3n) is 3.41. The Morgan fingerprint density at radius 1 is 1.11 bits per heavy atom. The third-order valence-corrected chi connectivity index (χ3v) is 3.41. The first-order valence-corrected chi connectivity index (χ1v) is 6.56. The van der Waals surface area contributed by atoms with Crippen molar-refractivity contribution in [1.82, 2.24) is 0 Å². The van der Waals surface area contributed by atoms with Crippen molar-refractivity contribution in [3.63, 3.8) is 0 Å².